The monoisotopic (exact) mass is 493 g/mol. The minimum absolute atomic E-state index is 0.00843. The van der Waals surface area contributed by atoms with Crippen LogP contribution in [0.2, 0.25) is 0 Å². The molecular weight excluding hydrogens is 470 g/mol. The van der Waals surface area contributed by atoms with Crippen LogP contribution in [0, 0.1) is 13.8 Å². The molecule has 3 aromatic carbocycles. The Morgan fingerprint density at radius 2 is 1.63 bits per heavy atom. The van der Waals surface area contributed by atoms with Crippen LogP contribution in [0.15, 0.2) is 77.7 Å². The summed E-state index contributed by atoms with van der Waals surface area (Å²) >= 11 is 0. The Morgan fingerprint density at radius 3 is 2.29 bits per heavy atom. The van der Waals surface area contributed by atoms with E-state index in [0.717, 1.165) is 5.56 Å². The van der Waals surface area contributed by atoms with E-state index in [0.29, 0.717) is 16.1 Å². The molecule has 4 rings (SSSR count). The molecule has 1 heterocycles. The fraction of sp³-hybridized carbons (Fsp3) is 0.160. The summed E-state index contributed by atoms with van der Waals surface area (Å²) in [6.45, 7) is 5.00. The predicted molar refractivity (Wildman–Crippen MR) is 127 cm³/mol. The zero-order chi connectivity index (χ0) is 25.4. The van der Waals surface area contributed by atoms with Crippen LogP contribution < -0.4 is 14.9 Å². The Balaban J connectivity index is 1.47. The third-order valence-corrected chi connectivity index (χ3v) is 7.08. The lowest BCUT2D eigenvalue weighted by Crippen LogP contribution is -2.47. The van der Waals surface area contributed by atoms with Crippen molar-refractivity contribution in [3.8, 4) is 5.75 Å². The van der Waals surface area contributed by atoms with E-state index in [9.17, 15) is 22.8 Å². The van der Waals surface area contributed by atoms with E-state index in [-0.39, 0.29) is 16.2 Å². The van der Waals surface area contributed by atoms with Crippen molar-refractivity contribution in [1.82, 2.24) is 15.8 Å². The van der Waals surface area contributed by atoms with Crippen LogP contribution in [0.1, 0.15) is 34.0 Å². The highest BCUT2D eigenvalue weighted by molar-refractivity contribution is 7.87. The molecule has 3 aromatic rings. The molecule has 10 heteroatoms. The van der Waals surface area contributed by atoms with Crippen LogP contribution in [0.25, 0.3) is 0 Å². The number of nitrogens with one attached hydrogen (secondary N) is 2. The van der Waals surface area contributed by atoms with E-state index in [1.54, 1.807) is 63.2 Å². The van der Waals surface area contributed by atoms with Gasteiger partial charge in [0.15, 0.2) is 0 Å². The van der Waals surface area contributed by atoms with Gasteiger partial charge in [-0.15, -0.1) is 0 Å². The van der Waals surface area contributed by atoms with E-state index in [1.165, 1.54) is 30.3 Å². The van der Waals surface area contributed by atoms with Gasteiger partial charge in [0.2, 0.25) is 0 Å². The molecular formula is C25H23N3O6S. The number of benzene rings is 3. The van der Waals surface area contributed by atoms with Crippen molar-refractivity contribution in [2.24, 2.45) is 0 Å². The number of urea groups is 1. The van der Waals surface area contributed by atoms with E-state index in [4.69, 9.17) is 4.18 Å². The lowest BCUT2D eigenvalue weighted by Gasteiger charge is -2.22. The summed E-state index contributed by atoms with van der Waals surface area (Å²) in [6.07, 6.45) is 0. The fourth-order valence-electron chi connectivity index (χ4n) is 3.68. The van der Waals surface area contributed by atoms with Crippen molar-refractivity contribution in [3.05, 3.63) is 95.1 Å². The summed E-state index contributed by atoms with van der Waals surface area (Å²) in [6, 6.07) is 18.2. The first-order valence-electron chi connectivity index (χ1n) is 10.7. The molecule has 0 saturated carbocycles. The largest absolute Gasteiger partial charge is 0.379 e. The molecule has 0 bridgehead atoms. The first-order valence-corrected chi connectivity index (χ1v) is 12.1. The summed E-state index contributed by atoms with van der Waals surface area (Å²) in [5, 5.41) is 3.23. The zero-order valence-corrected chi connectivity index (χ0v) is 20.0. The number of hydrogen-bond donors (Lipinski definition) is 2. The molecule has 1 atom stereocenters. The number of imide groups is 1. The number of carbonyl (C=O) groups is 3. The number of nitrogens with zero attached hydrogens (tertiary/aromatic N) is 1. The maximum absolute atomic E-state index is 12.9. The van der Waals surface area contributed by atoms with Gasteiger partial charge in [0, 0.05) is 5.56 Å². The number of amides is 4. The number of hydrazine groups is 1. The van der Waals surface area contributed by atoms with Crippen molar-refractivity contribution < 1.29 is 27.0 Å². The number of carbonyl (C=O) groups excluding carboxylic acids is 3. The average Bonchev–Trinajstić information content (AvgIpc) is 3.05. The van der Waals surface area contributed by atoms with Gasteiger partial charge in [0.25, 0.3) is 11.8 Å². The Labute approximate surface area is 202 Å². The molecule has 1 fully saturated rings. The van der Waals surface area contributed by atoms with E-state index in [1.807, 2.05) is 0 Å². The lowest BCUT2D eigenvalue weighted by atomic mass is 9.92. The van der Waals surface area contributed by atoms with Crippen LogP contribution in [-0.4, -0.2) is 31.3 Å². The van der Waals surface area contributed by atoms with Crippen LogP contribution in [0.5, 0.6) is 5.75 Å². The predicted octanol–water partition coefficient (Wildman–Crippen LogP) is 3.18. The Morgan fingerprint density at radius 1 is 0.971 bits per heavy atom. The first-order chi connectivity index (χ1) is 16.5. The van der Waals surface area contributed by atoms with Crippen LogP contribution in [0.4, 0.5) is 4.79 Å². The van der Waals surface area contributed by atoms with Crippen molar-refractivity contribution in [1.29, 1.82) is 0 Å². The summed E-state index contributed by atoms with van der Waals surface area (Å²) in [5.74, 6) is -1.36. The average molecular weight is 494 g/mol. The topological polar surface area (TPSA) is 122 Å². The zero-order valence-electron chi connectivity index (χ0n) is 19.2. The summed E-state index contributed by atoms with van der Waals surface area (Å²) in [7, 11) is -4.08. The Bertz CT molecular complexity index is 1420. The molecule has 4 amide bonds. The van der Waals surface area contributed by atoms with Gasteiger partial charge < -0.3 is 9.50 Å². The third-order valence-electron chi connectivity index (χ3n) is 5.69. The smallest absolute Gasteiger partial charge is 0.344 e. The van der Waals surface area contributed by atoms with Gasteiger partial charge in [-0.1, -0.05) is 42.5 Å². The highest BCUT2D eigenvalue weighted by Crippen LogP contribution is 2.28. The molecule has 1 aliphatic rings. The third kappa shape index (κ3) is 4.60. The van der Waals surface area contributed by atoms with E-state index >= 15 is 0 Å². The van der Waals surface area contributed by atoms with Gasteiger partial charge in [-0.25, -0.2) is 4.79 Å². The van der Waals surface area contributed by atoms with Gasteiger partial charge in [0.1, 0.15) is 16.2 Å². The lowest BCUT2D eigenvalue weighted by molar-refractivity contribution is -0.132. The SMILES string of the molecule is Cc1ccc(C)c(S(=O)(=O)Oc2ccc(C(=O)NN3C(=O)NC(C)(c4ccccc4)C3=O)cc2)c1. The second-order valence-corrected chi connectivity index (χ2v) is 9.85. The van der Waals surface area contributed by atoms with Gasteiger partial charge in [0.05, 0.1) is 0 Å². The molecule has 180 valence electrons. The highest BCUT2D eigenvalue weighted by Gasteiger charge is 2.50. The number of hydrogen-bond acceptors (Lipinski definition) is 6. The van der Waals surface area contributed by atoms with Gasteiger partial charge in [-0.3, -0.25) is 15.0 Å². The normalized spacial score (nSPS) is 17.7. The highest BCUT2D eigenvalue weighted by atomic mass is 32.2. The second-order valence-electron chi connectivity index (χ2n) is 8.33. The molecule has 35 heavy (non-hydrogen) atoms. The van der Waals surface area contributed by atoms with Crippen molar-refractivity contribution in [3.63, 3.8) is 0 Å². The number of aryl methyl sites for hydroxylation is 2. The maximum atomic E-state index is 12.9. The minimum Gasteiger partial charge on any atom is -0.379 e. The van der Waals surface area contributed by atoms with E-state index < -0.39 is 33.5 Å². The molecule has 0 spiro atoms. The van der Waals surface area contributed by atoms with Gasteiger partial charge in [-0.2, -0.15) is 13.4 Å². The minimum atomic E-state index is -4.08. The molecule has 1 aliphatic heterocycles. The number of rotatable bonds is 6. The maximum Gasteiger partial charge on any atom is 0.344 e. The van der Waals surface area contributed by atoms with E-state index in [2.05, 4.69) is 10.7 Å². The second kappa shape index (κ2) is 8.88. The Kier molecular flexibility index (Phi) is 6.08. The molecule has 9 nitrogen and oxygen atoms in total. The summed E-state index contributed by atoms with van der Waals surface area (Å²) in [4.78, 5) is 38.1. The van der Waals surface area contributed by atoms with Crippen molar-refractivity contribution in [2.75, 3.05) is 0 Å². The molecule has 2 N–H and O–H groups in total. The van der Waals surface area contributed by atoms with Crippen LogP contribution >= 0.6 is 0 Å². The summed E-state index contributed by atoms with van der Waals surface area (Å²) in [5.41, 5.74) is 2.95. The molecule has 0 aromatic heterocycles. The van der Waals surface area contributed by atoms with Gasteiger partial charge >= 0.3 is 16.1 Å². The van der Waals surface area contributed by atoms with Gasteiger partial charge in [-0.05, 0) is 67.8 Å². The fourth-order valence-corrected chi connectivity index (χ4v) is 4.93. The van der Waals surface area contributed by atoms with Crippen molar-refractivity contribution >= 4 is 28.0 Å². The summed E-state index contributed by atoms with van der Waals surface area (Å²) < 4.78 is 30.6. The van der Waals surface area contributed by atoms with Crippen molar-refractivity contribution in [2.45, 2.75) is 31.2 Å². The standard InChI is InChI=1S/C25H23N3O6S/c1-16-9-10-17(2)21(15-16)35(32,33)34-20-13-11-18(12-14-20)22(29)27-28-23(30)25(3,26-24(28)31)19-7-5-4-6-8-19/h4-15H,1-3H3,(H,26,31)(H,27,29). The van der Waals surface area contributed by atoms with Crippen LogP contribution in [0.3, 0.4) is 0 Å². The molecule has 0 radical (unpaired) electrons. The quantitative estimate of drug-likeness (QED) is 0.402. The first kappa shape index (κ1) is 24.0. The van der Waals surface area contributed by atoms with Crippen LogP contribution in [-0.2, 0) is 20.5 Å². The molecule has 1 saturated heterocycles. The Hall–Kier alpha value is -4.18. The molecule has 0 aliphatic carbocycles. The molecule has 1 unspecified atom stereocenters.